The van der Waals surface area contributed by atoms with Crippen molar-refractivity contribution in [3.63, 3.8) is 0 Å². The van der Waals surface area contributed by atoms with Crippen LogP contribution in [0, 0.1) is 11.7 Å². The molecule has 1 atom stereocenters. The number of hydrogen-bond donors (Lipinski definition) is 1. The van der Waals surface area contributed by atoms with E-state index in [1.54, 1.807) is 17.0 Å². The number of piperidine rings is 1. The number of carbonyl (C=O) groups is 2. The van der Waals surface area contributed by atoms with Crippen LogP contribution in [-0.4, -0.2) is 35.0 Å². The number of benzene rings is 2. The van der Waals surface area contributed by atoms with Crippen LogP contribution in [0.15, 0.2) is 64.0 Å². The minimum atomic E-state index is -0.574. The second-order valence-corrected chi connectivity index (χ2v) is 7.37. The summed E-state index contributed by atoms with van der Waals surface area (Å²) in [6, 6.07) is 13.7. The molecule has 0 saturated carbocycles. The Kier molecular flexibility index (Phi) is 5.56. The molecular formula is C22H21FN3O4+. The van der Waals surface area contributed by atoms with Crippen molar-refractivity contribution >= 4 is 11.7 Å². The fourth-order valence-corrected chi connectivity index (χ4v) is 3.78. The van der Waals surface area contributed by atoms with Crippen molar-refractivity contribution in [3.05, 3.63) is 76.5 Å². The molecule has 0 bridgehead atoms. The van der Waals surface area contributed by atoms with Gasteiger partial charge in [0.05, 0.1) is 0 Å². The summed E-state index contributed by atoms with van der Waals surface area (Å²) in [4.78, 5) is 38.1. The fraction of sp³-hybridized carbons (Fsp3) is 0.273. The Labute approximate surface area is 171 Å². The molecule has 2 heterocycles. The maximum Gasteiger partial charge on any atom is 0.426 e. The van der Waals surface area contributed by atoms with Gasteiger partial charge in [0.1, 0.15) is 5.82 Å². The Hall–Kier alpha value is -3.55. The molecule has 0 spiro atoms. The predicted octanol–water partition coefficient (Wildman–Crippen LogP) is 2.18. The number of rotatable bonds is 5. The van der Waals surface area contributed by atoms with Gasteiger partial charge in [-0.2, -0.15) is 0 Å². The summed E-state index contributed by atoms with van der Waals surface area (Å²) in [5.74, 6) is -1.23. The van der Waals surface area contributed by atoms with Crippen LogP contribution in [0.3, 0.4) is 0 Å². The van der Waals surface area contributed by atoms with Gasteiger partial charge in [-0.15, -0.1) is 0 Å². The monoisotopic (exact) mass is 410 g/mol. The Morgan fingerprint density at radius 1 is 1.20 bits per heavy atom. The molecule has 1 aliphatic heterocycles. The molecule has 1 aromatic heterocycles. The number of H-pyrrole nitrogens is 1. The highest BCUT2D eigenvalue weighted by Crippen LogP contribution is 2.26. The third-order valence-corrected chi connectivity index (χ3v) is 5.31. The number of nitrogens with one attached hydrogen (secondary N) is 1. The first kappa shape index (κ1) is 19.8. The second-order valence-electron chi connectivity index (χ2n) is 7.37. The first-order chi connectivity index (χ1) is 14.5. The molecule has 154 valence electrons. The summed E-state index contributed by atoms with van der Waals surface area (Å²) >= 11 is 0. The lowest BCUT2D eigenvalue weighted by Crippen LogP contribution is -2.49. The van der Waals surface area contributed by atoms with Gasteiger partial charge in [0, 0.05) is 30.1 Å². The van der Waals surface area contributed by atoms with Gasteiger partial charge < -0.3 is 4.90 Å². The van der Waals surface area contributed by atoms with Crippen LogP contribution in [-0.2, 0) is 11.3 Å². The number of ketones is 1. The third kappa shape index (κ3) is 4.22. The van der Waals surface area contributed by atoms with Crippen molar-refractivity contribution < 1.29 is 23.2 Å². The van der Waals surface area contributed by atoms with Gasteiger partial charge in [0.2, 0.25) is 0 Å². The highest BCUT2D eigenvalue weighted by atomic mass is 19.1. The highest BCUT2D eigenvalue weighted by Gasteiger charge is 2.31. The van der Waals surface area contributed by atoms with Gasteiger partial charge in [-0.1, -0.05) is 47.1 Å². The number of aromatic nitrogens is 2. The SMILES string of the molecule is O=C(c1ccc(-c2ccccc2)c(F)c1)[C@H]1CCCN(C(=O)C[n+]2cc(=O)o[nH]2)C1. The van der Waals surface area contributed by atoms with Gasteiger partial charge in [-0.25, -0.2) is 9.18 Å². The zero-order valence-corrected chi connectivity index (χ0v) is 16.2. The molecule has 2 aromatic carbocycles. The number of amides is 1. The van der Waals surface area contributed by atoms with Gasteiger partial charge in [0.25, 0.3) is 18.6 Å². The molecule has 1 N–H and O–H groups in total. The Balaban J connectivity index is 1.45. The molecule has 3 aromatic rings. The Morgan fingerprint density at radius 2 is 2.00 bits per heavy atom. The van der Waals surface area contributed by atoms with Crippen molar-refractivity contribution in [2.24, 2.45) is 5.92 Å². The van der Waals surface area contributed by atoms with E-state index in [-0.39, 0.29) is 24.8 Å². The Bertz CT molecular complexity index is 1120. The van der Waals surface area contributed by atoms with Crippen LogP contribution in [0.2, 0.25) is 0 Å². The van der Waals surface area contributed by atoms with Crippen LogP contribution in [0.1, 0.15) is 23.2 Å². The van der Waals surface area contributed by atoms with Crippen LogP contribution >= 0.6 is 0 Å². The zero-order chi connectivity index (χ0) is 21.1. The number of carbonyl (C=O) groups excluding carboxylic acids is 2. The summed E-state index contributed by atoms with van der Waals surface area (Å²) in [5.41, 5.74) is 0.924. The minimum Gasteiger partial charge on any atom is -0.336 e. The van der Waals surface area contributed by atoms with E-state index in [2.05, 4.69) is 9.79 Å². The minimum absolute atomic E-state index is 0.0763. The average molecular weight is 410 g/mol. The molecule has 0 aliphatic carbocycles. The maximum atomic E-state index is 14.7. The van der Waals surface area contributed by atoms with E-state index in [1.807, 2.05) is 30.3 Å². The standard InChI is InChI=1S/C22H20FN3O4/c23-19-11-16(8-9-18(19)15-5-2-1-3-6-15)22(29)17-7-4-10-25(12-17)20(27)13-26-14-21(28)30-24-26/h1-3,5-6,8-9,11,14,17H,4,7,10,12-13H2/p+1/t17-/m0/s1. The summed E-state index contributed by atoms with van der Waals surface area (Å²) in [7, 11) is 0. The molecule has 0 radical (unpaired) electrons. The van der Waals surface area contributed by atoms with Gasteiger partial charge in [0.15, 0.2) is 5.78 Å². The van der Waals surface area contributed by atoms with Crippen molar-refractivity contribution in [2.45, 2.75) is 19.4 Å². The van der Waals surface area contributed by atoms with E-state index in [0.29, 0.717) is 30.5 Å². The van der Waals surface area contributed by atoms with Crippen LogP contribution < -0.4 is 10.3 Å². The van der Waals surface area contributed by atoms with Gasteiger partial charge >= 0.3 is 5.63 Å². The maximum absolute atomic E-state index is 14.7. The number of likely N-dealkylation sites (tertiary alicyclic amines) is 1. The molecule has 1 saturated heterocycles. The molecule has 30 heavy (non-hydrogen) atoms. The number of halogens is 1. The highest BCUT2D eigenvalue weighted by molar-refractivity contribution is 5.98. The van der Waals surface area contributed by atoms with E-state index in [4.69, 9.17) is 0 Å². The lowest BCUT2D eigenvalue weighted by atomic mass is 9.89. The van der Waals surface area contributed by atoms with Crippen molar-refractivity contribution in [1.29, 1.82) is 0 Å². The third-order valence-electron chi connectivity index (χ3n) is 5.31. The molecule has 1 fully saturated rings. The largest absolute Gasteiger partial charge is 0.426 e. The lowest BCUT2D eigenvalue weighted by molar-refractivity contribution is -0.751. The zero-order valence-electron chi connectivity index (χ0n) is 16.2. The first-order valence-corrected chi connectivity index (χ1v) is 9.76. The van der Waals surface area contributed by atoms with E-state index in [0.717, 1.165) is 11.8 Å². The number of aromatic amines is 1. The average Bonchev–Trinajstić information content (AvgIpc) is 3.18. The first-order valence-electron chi connectivity index (χ1n) is 9.76. The van der Waals surface area contributed by atoms with Gasteiger partial charge in [-0.3, -0.25) is 14.1 Å². The summed E-state index contributed by atoms with van der Waals surface area (Å²) < 4.78 is 20.5. The number of hydrogen-bond acceptors (Lipinski definition) is 4. The van der Waals surface area contributed by atoms with Crippen LogP contribution in [0.4, 0.5) is 4.39 Å². The van der Waals surface area contributed by atoms with Crippen molar-refractivity contribution in [2.75, 3.05) is 13.1 Å². The second kappa shape index (κ2) is 8.44. The summed E-state index contributed by atoms with van der Waals surface area (Å²) in [5, 5.41) is 2.33. The number of Topliss-reactive ketones (excluding diaryl/α,β-unsaturated/α-hetero) is 1. The molecule has 7 nitrogen and oxygen atoms in total. The molecule has 1 amide bonds. The molecule has 1 aliphatic rings. The quantitative estimate of drug-likeness (QED) is 0.516. The normalized spacial score (nSPS) is 16.4. The predicted molar refractivity (Wildman–Crippen MR) is 105 cm³/mol. The van der Waals surface area contributed by atoms with E-state index >= 15 is 0 Å². The van der Waals surface area contributed by atoms with Crippen LogP contribution in [0.25, 0.3) is 11.1 Å². The van der Waals surface area contributed by atoms with Crippen LogP contribution in [0.5, 0.6) is 0 Å². The molecular weight excluding hydrogens is 389 g/mol. The summed E-state index contributed by atoms with van der Waals surface area (Å²) in [6.07, 6.45) is 2.47. The van der Waals surface area contributed by atoms with Gasteiger partial charge in [-0.05, 0) is 29.7 Å². The van der Waals surface area contributed by atoms with E-state index < -0.39 is 17.4 Å². The van der Waals surface area contributed by atoms with Crippen molar-refractivity contribution in [1.82, 2.24) is 10.2 Å². The molecule has 8 heteroatoms. The smallest absolute Gasteiger partial charge is 0.336 e. The fourth-order valence-electron chi connectivity index (χ4n) is 3.78. The van der Waals surface area contributed by atoms with E-state index in [9.17, 15) is 18.8 Å². The molecule has 4 rings (SSSR count). The topological polar surface area (TPSA) is 87.3 Å². The number of nitrogens with zero attached hydrogens (tertiary/aromatic N) is 2. The summed E-state index contributed by atoms with van der Waals surface area (Å²) in [6.45, 7) is 0.724. The Morgan fingerprint density at radius 3 is 2.70 bits per heavy atom. The van der Waals surface area contributed by atoms with Crippen molar-refractivity contribution in [3.8, 4) is 11.1 Å². The van der Waals surface area contributed by atoms with E-state index in [1.165, 1.54) is 10.7 Å². The molecule has 0 unspecified atom stereocenters. The lowest BCUT2D eigenvalue weighted by Gasteiger charge is -2.31.